The number of carboxylic acids is 1. The number of carboxylic acid groups (broad SMARTS) is 1. The summed E-state index contributed by atoms with van der Waals surface area (Å²) in [5.74, 6) is -0.686. The molecule has 19 heavy (non-hydrogen) atoms. The second-order valence-electron chi connectivity index (χ2n) is 4.09. The van der Waals surface area contributed by atoms with Gasteiger partial charge in [-0.3, -0.25) is 9.78 Å². The first-order valence-corrected chi connectivity index (χ1v) is 6.00. The van der Waals surface area contributed by atoms with Crippen molar-refractivity contribution in [1.82, 2.24) is 4.98 Å². The summed E-state index contributed by atoms with van der Waals surface area (Å²) in [6.45, 7) is 2.78. The molecular formula is C13H19NO5. The number of aliphatic carboxylic acids is 1. The van der Waals surface area contributed by atoms with Gasteiger partial charge in [0.15, 0.2) is 6.79 Å². The molecule has 6 nitrogen and oxygen atoms in total. The quantitative estimate of drug-likeness (QED) is 0.538. The second-order valence-corrected chi connectivity index (χ2v) is 4.09. The van der Waals surface area contributed by atoms with Crippen molar-refractivity contribution < 1.29 is 24.1 Å². The molecule has 6 heteroatoms. The van der Waals surface area contributed by atoms with Gasteiger partial charge < -0.3 is 19.3 Å². The van der Waals surface area contributed by atoms with Gasteiger partial charge in [-0.2, -0.15) is 0 Å². The van der Waals surface area contributed by atoms with Crippen LogP contribution in [0.15, 0.2) is 18.3 Å². The van der Waals surface area contributed by atoms with E-state index in [-0.39, 0.29) is 6.79 Å². The van der Waals surface area contributed by atoms with Crippen LogP contribution in [0.4, 0.5) is 0 Å². The molecule has 1 N–H and O–H groups in total. The summed E-state index contributed by atoms with van der Waals surface area (Å²) in [6, 6.07) is 3.50. The van der Waals surface area contributed by atoms with Gasteiger partial charge in [-0.15, -0.1) is 0 Å². The van der Waals surface area contributed by atoms with Gasteiger partial charge in [-0.25, -0.2) is 0 Å². The molecular weight excluding hydrogens is 250 g/mol. The molecule has 0 bridgehead atoms. The maximum Gasteiger partial charge on any atom is 0.306 e. The standard InChI is InChI=1S/C13H19NO5/c1-10(13(15)16)7-11-3-4-12(8-14-11)19-9-18-6-5-17-2/h3-4,8,10H,5-7,9H2,1-2H3,(H,15,16). The van der Waals surface area contributed by atoms with Crippen molar-refractivity contribution in [3.05, 3.63) is 24.0 Å². The van der Waals surface area contributed by atoms with Gasteiger partial charge in [0.25, 0.3) is 0 Å². The van der Waals surface area contributed by atoms with Crippen molar-refractivity contribution in [1.29, 1.82) is 0 Å². The van der Waals surface area contributed by atoms with Gasteiger partial charge in [0.2, 0.25) is 0 Å². The lowest BCUT2D eigenvalue weighted by molar-refractivity contribution is -0.141. The Labute approximate surface area is 112 Å². The van der Waals surface area contributed by atoms with Gasteiger partial charge in [0.1, 0.15) is 5.75 Å². The molecule has 106 valence electrons. The monoisotopic (exact) mass is 269 g/mol. The minimum Gasteiger partial charge on any atom is -0.481 e. The lowest BCUT2D eigenvalue weighted by Gasteiger charge is -2.08. The van der Waals surface area contributed by atoms with E-state index in [9.17, 15) is 4.79 Å². The number of methoxy groups -OCH3 is 1. The fraction of sp³-hybridized carbons (Fsp3) is 0.538. The molecule has 0 aliphatic carbocycles. The third-order valence-electron chi connectivity index (χ3n) is 2.48. The summed E-state index contributed by atoms with van der Waals surface area (Å²) in [6.07, 6.45) is 1.96. The van der Waals surface area contributed by atoms with Crippen LogP contribution in [0, 0.1) is 5.92 Å². The molecule has 0 aromatic carbocycles. The van der Waals surface area contributed by atoms with E-state index in [1.165, 1.54) is 0 Å². The van der Waals surface area contributed by atoms with Crippen molar-refractivity contribution in [2.24, 2.45) is 5.92 Å². The SMILES string of the molecule is COCCOCOc1ccc(CC(C)C(=O)O)nc1. The topological polar surface area (TPSA) is 77.9 Å². The van der Waals surface area contributed by atoms with E-state index in [0.29, 0.717) is 25.4 Å². The number of hydrogen-bond acceptors (Lipinski definition) is 5. The van der Waals surface area contributed by atoms with Crippen LogP contribution in [0.2, 0.25) is 0 Å². The van der Waals surface area contributed by atoms with Crippen LogP contribution >= 0.6 is 0 Å². The Morgan fingerprint density at radius 1 is 1.42 bits per heavy atom. The number of nitrogens with zero attached hydrogens (tertiary/aromatic N) is 1. The highest BCUT2D eigenvalue weighted by Gasteiger charge is 2.12. The van der Waals surface area contributed by atoms with Gasteiger partial charge >= 0.3 is 5.97 Å². The summed E-state index contributed by atoms with van der Waals surface area (Å²) in [7, 11) is 1.60. The molecule has 0 saturated carbocycles. The van der Waals surface area contributed by atoms with Crippen LogP contribution in [0.25, 0.3) is 0 Å². The lowest BCUT2D eigenvalue weighted by atomic mass is 10.1. The first kappa shape index (κ1) is 15.4. The van der Waals surface area contributed by atoms with Gasteiger partial charge in [0.05, 0.1) is 25.3 Å². The number of aromatic nitrogens is 1. The summed E-state index contributed by atoms with van der Waals surface area (Å²) in [5.41, 5.74) is 0.725. The molecule has 1 rings (SSSR count). The molecule has 1 aromatic heterocycles. The number of pyridine rings is 1. The highest BCUT2D eigenvalue weighted by Crippen LogP contribution is 2.12. The molecule has 1 atom stereocenters. The number of ether oxygens (including phenoxy) is 3. The average molecular weight is 269 g/mol. The highest BCUT2D eigenvalue weighted by atomic mass is 16.7. The predicted octanol–water partition coefficient (Wildman–Crippen LogP) is 1.34. The smallest absolute Gasteiger partial charge is 0.306 e. The second kappa shape index (κ2) is 8.44. The van der Waals surface area contributed by atoms with E-state index >= 15 is 0 Å². The summed E-state index contributed by atoms with van der Waals surface area (Å²) in [4.78, 5) is 14.9. The van der Waals surface area contributed by atoms with Crippen LogP contribution in [0.1, 0.15) is 12.6 Å². The summed E-state index contributed by atoms with van der Waals surface area (Å²) >= 11 is 0. The fourth-order valence-electron chi connectivity index (χ4n) is 1.33. The van der Waals surface area contributed by atoms with Crippen molar-refractivity contribution in [2.45, 2.75) is 13.3 Å². The number of carbonyl (C=O) groups is 1. The van der Waals surface area contributed by atoms with E-state index in [1.807, 2.05) is 0 Å². The van der Waals surface area contributed by atoms with Crippen molar-refractivity contribution in [3.8, 4) is 5.75 Å². The summed E-state index contributed by atoms with van der Waals surface area (Å²) in [5, 5.41) is 8.81. The Morgan fingerprint density at radius 2 is 2.21 bits per heavy atom. The van der Waals surface area contributed by atoms with Crippen molar-refractivity contribution >= 4 is 5.97 Å². The highest BCUT2D eigenvalue weighted by molar-refractivity contribution is 5.69. The van der Waals surface area contributed by atoms with Crippen LogP contribution in [-0.2, 0) is 20.7 Å². The maximum absolute atomic E-state index is 10.7. The van der Waals surface area contributed by atoms with E-state index in [1.54, 1.807) is 32.4 Å². The predicted molar refractivity (Wildman–Crippen MR) is 68.1 cm³/mol. The van der Waals surface area contributed by atoms with Gasteiger partial charge in [0, 0.05) is 19.2 Å². The maximum atomic E-state index is 10.7. The zero-order chi connectivity index (χ0) is 14.1. The molecule has 0 spiro atoms. The van der Waals surface area contributed by atoms with Crippen LogP contribution in [-0.4, -0.2) is 43.2 Å². The first-order chi connectivity index (χ1) is 9.13. The Kier molecular flexibility index (Phi) is 6.84. The Balaban J connectivity index is 2.33. The van der Waals surface area contributed by atoms with E-state index in [4.69, 9.17) is 19.3 Å². The Hall–Kier alpha value is -1.66. The Bertz CT molecular complexity index is 379. The van der Waals surface area contributed by atoms with E-state index < -0.39 is 11.9 Å². The number of rotatable bonds is 9. The molecule has 0 aliphatic heterocycles. The minimum absolute atomic E-state index is 0.135. The van der Waals surface area contributed by atoms with Gasteiger partial charge in [-0.05, 0) is 12.1 Å². The van der Waals surface area contributed by atoms with Gasteiger partial charge in [-0.1, -0.05) is 6.92 Å². The van der Waals surface area contributed by atoms with Crippen molar-refractivity contribution in [2.75, 3.05) is 27.1 Å². The molecule has 0 radical (unpaired) electrons. The zero-order valence-corrected chi connectivity index (χ0v) is 11.2. The molecule has 1 aromatic rings. The molecule has 0 aliphatic rings. The summed E-state index contributed by atoms with van der Waals surface area (Å²) < 4.78 is 15.3. The molecule has 0 saturated heterocycles. The zero-order valence-electron chi connectivity index (χ0n) is 11.2. The minimum atomic E-state index is -0.825. The molecule has 1 heterocycles. The third-order valence-corrected chi connectivity index (χ3v) is 2.48. The molecule has 0 amide bonds. The lowest BCUT2D eigenvalue weighted by Crippen LogP contribution is -2.13. The average Bonchev–Trinajstić information content (AvgIpc) is 2.40. The number of hydrogen-bond donors (Lipinski definition) is 1. The van der Waals surface area contributed by atoms with Crippen LogP contribution in [0.3, 0.4) is 0 Å². The molecule has 0 fully saturated rings. The van der Waals surface area contributed by atoms with Crippen LogP contribution in [0.5, 0.6) is 5.75 Å². The first-order valence-electron chi connectivity index (χ1n) is 6.00. The largest absolute Gasteiger partial charge is 0.481 e. The third kappa shape index (κ3) is 6.17. The van der Waals surface area contributed by atoms with Crippen molar-refractivity contribution in [3.63, 3.8) is 0 Å². The fourth-order valence-corrected chi connectivity index (χ4v) is 1.33. The molecule has 1 unspecified atom stereocenters. The normalized spacial score (nSPS) is 12.1. The van der Waals surface area contributed by atoms with Crippen LogP contribution < -0.4 is 4.74 Å². The van der Waals surface area contributed by atoms with E-state index in [2.05, 4.69) is 4.98 Å². The Morgan fingerprint density at radius 3 is 2.79 bits per heavy atom. The van der Waals surface area contributed by atoms with E-state index in [0.717, 1.165) is 5.69 Å².